The highest BCUT2D eigenvalue weighted by molar-refractivity contribution is 6.32. The molecule has 0 fully saturated rings. The first-order valence-corrected chi connectivity index (χ1v) is 4.91. The fourth-order valence-electron chi connectivity index (χ4n) is 1.06. The fraction of sp³-hybridized carbons (Fsp3) is 0.182. The maximum absolute atomic E-state index is 10.2. The summed E-state index contributed by atoms with van der Waals surface area (Å²) in [4.78, 5) is 10.2. The SMILES string of the molecule is O=C([O-])COc1cc(/C=C/CO)ccc1Cl. The molecular weight excluding hydrogens is 232 g/mol. The van der Waals surface area contributed by atoms with Crippen LogP contribution in [-0.4, -0.2) is 24.3 Å². The molecule has 0 atom stereocenters. The number of hydrogen-bond acceptors (Lipinski definition) is 4. The van der Waals surface area contributed by atoms with Gasteiger partial charge in [0.1, 0.15) is 12.4 Å². The van der Waals surface area contributed by atoms with Crippen molar-refractivity contribution >= 4 is 23.6 Å². The summed E-state index contributed by atoms with van der Waals surface area (Å²) in [6.07, 6.45) is 3.22. The van der Waals surface area contributed by atoms with Crippen LogP contribution in [0.4, 0.5) is 0 Å². The first kappa shape index (κ1) is 12.5. The molecule has 0 unspecified atom stereocenters. The van der Waals surface area contributed by atoms with Crippen molar-refractivity contribution in [3.63, 3.8) is 0 Å². The number of carboxylic acid groups (broad SMARTS) is 1. The molecular formula is C11H10ClO4-. The summed E-state index contributed by atoms with van der Waals surface area (Å²) < 4.78 is 4.93. The zero-order valence-electron chi connectivity index (χ0n) is 8.35. The quantitative estimate of drug-likeness (QED) is 0.814. The average Bonchev–Trinajstić information content (AvgIpc) is 2.26. The van der Waals surface area contributed by atoms with Gasteiger partial charge in [0.25, 0.3) is 0 Å². The van der Waals surface area contributed by atoms with Crippen molar-refractivity contribution in [2.75, 3.05) is 13.2 Å². The summed E-state index contributed by atoms with van der Waals surface area (Å²) in [7, 11) is 0. The van der Waals surface area contributed by atoms with Gasteiger partial charge in [0.15, 0.2) is 0 Å². The molecule has 4 nitrogen and oxygen atoms in total. The van der Waals surface area contributed by atoms with Gasteiger partial charge in [0.2, 0.25) is 0 Å². The lowest BCUT2D eigenvalue weighted by atomic mass is 10.2. The van der Waals surface area contributed by atoms with Gasteiger partial charge < -0.3 is 19.7 Å². The Morgan fingerprint density at radius 3 is 2.94 bits per heavy atom. The van der Waals surface area contributed by atoms with Crippen LogP contribution in [0.5, 0.6) is 5.75 Å². The number of ether oxygens (including phenoxy) is 1. The van der Waals surface area contributed by atoms with Gasteiger partial charge in [0.05, 0.1) is 17.6 Å². The Morgan fingerprint density at radius 1 is 1.56 bits per heavy atom. The molecule has 5 heteroatoms. The number of aliphatic hydroxyl groups excluding tert-OH is 1. The number of aliphatic hydroxyl groups is 1. The molecule has 1 aromatic rings. The van der Waals surface area contributed by atoms with Gasteiger partial charge in [0, 0.05) is 0 Å². The molecule has 0 aliphatic carbocycles. The smallest absolute Gasteiger partial charge is 0.139 e. The molecule has 0 spiro atoms. The largest absolute Gasteiger partial charge is 0.546 e. The van der Waals surface area contributed by atoms with Gasteiger partial charge in [-0.2, -0.15) is 0 Å². The highest BCUT2D eigenvalue weighted by Crippen LogP contribution is 2.25. The molecule has 1 aromatic carbocycles. The number of aliphatic carboxylic acids is 1. The molecule has 0 aliphatic rings. The molecule has 0 aliphatic heterocycles. The van der Waals surface area contributed by atoms with Crippen LogP contribution in [0, 0.1) is 0 Å². The van der Waals surface area contributed by atoms with E-state index >= 15 is 0 Å². The van der Waals surface area contributed by atoms with Gasteiger partial charge in [-0.05, 0) is 17.7 Å². The molecule has 0 saturated carbocycles. The Kier molecular flexibility index (Phi) is 4.82. The third-order valence-electron chi connectivity index (χ3n) is 1.72. The molecule has 0 heterocycles. The summed E-state index contributed by atoms with van der Waals surface area (Å²) in [5.74, 6) is -1.04. The van der Waals surface area contributed by atoms with Crippen LogP contribution in [0.2, 0.25) is 5.02 Å². The lowest BCUT2D eigenvalue weighted by molar-refractivity contribution is -0.307. The van der Waals surface area contributed by atoms with Crippen LogP contribution in [0.15, 0.2) is 24.3 Å². The minimum Gasteiger partial charge on any atom is -0.546 e. The normalized spacial score (nSPS) is 10.6. The third kappa shape index (κ3) is 3.92. The summed E-state index contributed by atoms with van der Waals surface area (Å²) in [6, 6.07) is 4.89. The second kappa shape index (κ2) is 6.15. The Balaban J connectivity index is 2.81. The number of hydrogen-bond donors (Lipinski definition) is 1. The van der Waals surface area contributed by atoms with Gasteiger partial charge in [-0.25, -0.2) is 0 Å². The average molecular weight is 242 g/mol. The molecule has 0 amide bonds. The number of halogens is 1. The Labute approximate surface area is 97.7 Å². The summed E-state index contributed by atoms with van der Waals surface area (Å²) in [6.45, 7) is -0.620. The molecule has 0 radical (unpaired) electrons. The number of rotatable bonds is 5. The van der Waals surface area contributed by atoms with E-state index in [9.17, 15) is 9.90 Å². The number of benzene rings is 1. The van der Waals surface area contributed by atoms with Gasteiger partial charge in [-0.1, -0.05) is 29.8 Å². The van der Waals surface area contributed by atoms with Crippen molar-refractivity contribution < 1.29 is 19.7 Å². The van der Waals surface area contributed by atoms with Gasteiger partial charge in [-0.3, -0.25) is 0 Å². The third-order valence-corrected chi connectivity index (χ3v) is 2.03. The van der Waals surface area contributed by atoms with Gasteiger partial charge >= 0.3 is 0 Å². The maximum atomic E-state index is 10.2. The first-order chi connectivity index (χ1) is 7.63. The van der Waals surface area contributed by atoms with Crippen molar-refractivity contribution in [1.82, 2.24) is 0 Å². The molecule has 1 N–H and O–H groups in total. The summed E-state index contributed by atoms with van der Waals surface area (Å²) >= 11 is 5.80. The Hall–Kier alpha value is -1.52. The molecule has 1 rings (SSSR count). The highest BCUT2D eigenvalue weighted by Gasteiger charge is 2.01. The zero-order chi connectivity index (χ0) is 12.0. The van der Waals surface area contributed by atoms with Crippen LogP contribution in [0.25, 0.3) is 6.08 Å². The standard InChI is InChI=1S/C11H11ClO4/c12-9-4-3-8(2-1-5-13)6-10(9)16-7-11(14)15/h1-4,6,13H,5,7H2,(H,14,15)/p-1/b2-1+. The Bertz CT molecular complexity index is 401. The van der Waals surface area contributed by atoms with Crippen LogP contribution >= 0.6 is 11.6 Å². The molecule has 0 aromatic heterocycles. The topological polar surface area (TPSA) is 69.6 Å². The van der Waals surface area contributed by atoms with E-state index in [1.165, 1.54) is 0 Å². The van der Waals surface area contributed by atoms with Crippen LogP contribution < -0.4 is 9.84 Å². The molecule has 0 bridgehead atoms. The van der Waals surface area contributed by atoms with Crippen molar-refractivity contribution in [2.45, 2.75) is 0 Å². The molecule has 16 heavy (non-hydrogen) atoms. The maximum Gasteiger partial charge on any atom is 0.139 e. The van der Waals surface area contributed by atoms with E-state index in [4.69, 9.17) is 21.4 Å². The minimum absolute atomic E-state index is 0.0716. The van der Waals surface area contributed by atoms with E-state index in [2.05, 4.69) is 0 Å². The van der Waals surface area contributed by atoms with Crippen molar-refractivity contribution in [3.8, 4) is 5.75 Å². The predicted molar refractivity (Wildman–Crippen MR) is 58.1 cm³/mol. The van der Waals surface area contributed by atoms with E-state index in [-0.39, 0.29) is 12.4 Å². The molecule has 0 saturated heterocycles. The molecule has 86 valence electrons. The number of carbonyl (C=O) groups is 1. The summed E-state index contributed by atoms with van der Waals surface area (Å²) in [5, 5.41) is 19.1. The van der Waals surface area contributed by atoms with Crippen LogP contribution in [-0.2, 0) is 4.79 Å². The highest BCUT2D eigenvalue weighted by atomic mass is 35.5. The zero-order valence-corrected chi connectivity index (χ0v) is 9.11. The van der Waals surface area contributed by atoms with Crippen molar-refractivity contribution in [1.29, 1.82) is 0 Å². The van der Waals surface area contributed by atoms with E-state index in [0.717, 1.165) is 5.56 Å². The number of carbonyl (C=O) groups excluding carboxylic acids is 1. The lowest BCUT2D eigenvalue weighted by Crippen LogP contribution is -2.29. The van der Waals surface area contributed by atoms with E-state index in [1.807, 2.05) is 0 Å². The van der Waals surface area contributed by atoms with Crippen molar-refractivity contribution in [2.24, 2.45) is 0 Å². The van der Waals surface area contributed by atoms with Crippen molar-refractivity contribution in [3.05, 3.63) is 34.9 Å². The van der Waals surface area contributed by atoms with E-state index in [0.29, 0.717) is 5.02 Å². The summed E-state index contributed by atoms with van der Waals surface area (Å²) in [5.41, 5.74) is 0.756. The predicted octanol–water partition coefficient (Wildman–Crippen LogP) is 0.474. The van der Waals surface area contributed by atoms with E-state index < -0.39 is 12.6 Å². The van der Waals surface area contributed by atoms with E-state index in [1.54, 1.807) is 30.4 Å². The van der Waals surface area contributed by atoms with Crippen LogP contribution in [0.1, 0.15) is 5.56 Å². The monoisotopic (exact) mass is 241 g/mol. The number of carboxylic acids is 1. The van der Waals surface area contributed by atoms with Gasteiger partial charge in [-0.15, -0.1) is 0 Å². The minimum atomic E-state index is -1.31. The second-order valence-corrected chi connectivity index (χ2v) is 3.34. The fourth-order valence-corrected chi connectivity index (χ4v) is 1.23. The lowest BCUT2D eigenvalue weighted by Gasteiger charge is -2.09. The first-order valence-electron chi connectivity index (χ1n) is 4.53. The second-order valence-electron chi connectivity index (χ2n) is 2.94. The van der Waals surface area contributed by atoms with Crippen LogP contribution in [0.3, 0.4) is 0 Å². The Morgan fingerprint density at radius 2 is 2.31 bits per heavy atom.